The van der Waals surface area contributed by atoms with E-state index >= 15 is 0 Å². The van der Waals surface area contributed by atoms with Crippen LogP contribution in [0.2, 0.25) is 0 Å². The molecule has 1 aliphatic rings. The van der Waals surface area contributed by atoms with Crippen molar-refractivity contribution >= 4 is 11.6 Å². The Labute approximate surface area is 138 Å². The van der Waals surface area contributed by atoms with Gasteiger partial charge in [0.05, 0.1) is 12.2 Å². The number of likely N-dealkylation sites (tertiary alicyclic amines) is 1. The number of piperidine rings is 1. The quantitative estimate of drug-likeness (QED) is 0.776. The van der Waals surface area contributed by atoms with Crippen molar-refractivity contribution in [3.05, 3.63) is 41.4 Å². The summed E-state index contributed by atoms with van der Waals surface area (Å²) in [6.45, 7) is 4.46. The Morgan fingerprint density at radius 3 is 2.96 bits per heavy atom. The lowest BCUT2D eigenvalue weighted by molar-refractivity contribution is 0.0602. The summed E-state index contributed by atoms with van der Waals surface area (Å²) in [5.74, 6) is 1.38. The monoisotopic (exact) mass is 325 g/mol. The minimum Gasteiger partial charge on any atom is -0.328 e. The average molecular weight is 325 g/mol. The lowest BCUT2D eigenvalue weighted by atomic mass is 10.0. The largest absolute Gasteiger partial charge is 0.328 e. The summed E-state index contributed by atoms with van der Waals surface area (Å²) in [6.07, 6.45) is 6.33. The Bertz CT molecular complexity index is 897. The van der Waals surface area contributed by atoms with Crippen LogP contribution in [-0.2, 0) is 0 Å². The molecule has 1 atom stereocenters. The predicted octanol–water partition coefficient (Wildman–Crippen LogP) is 1.83. The molecule has 0 aliphatic carbocycles. The summed E-state index contributed by atoms with van der Waals surface area (Å²) in [5, 5.41) is 11.4. The molecule has 1 N–H and O–H groups in total. The molecular weight excluding hydrogens is 306 g/mol. The highest BCUT2D eigenvalue weighted by Crippen LogP contribution is 2.30. The van der Waals surface area contributed by atoms with Crippen molar-refractivity contribution in [2.45, 2.75) is 39.2 Å². The maximum atomic E-state index is 13.1. The Balaban J connectivity index is 1.71. The van der Waals surface area contributed by atoms with E-state index in [1.807, 2.05) is 31.0 Å². The second kappa shape index (κ2) is 5.70. The summed E-state index contributed by atoms with van der Waals surface area (Å²) in [6, 6.07) is 1.77. The second-order valence-corrected chi connectivity index (χ2v) is 6.18. The molecule has 8 nitrogen and oxygen atoms in total. The van der Waals surface area contributed by atoms with Gasteiger partial charge in [0.15, 0.2) is 11.5 Å². The number of aromatic nitrogens is 6. The Morgan fingerprint density at radius 1 is 1.29 bits per heavy atom. The SMILES string of the molecule is Cc1ccn2ncc(C(=O)N3CCCC[C@H]3c3n[nH]c(C)n3)c2n1. The third-order valence-corrected chi connectivity index (χ3v) is 4.41. The summed E-state index contributed by atoms with van der Waals surface area (Å²) in [4.78, 5) is 23.9. The van der Waals surface area contributed by atoms with E-state index in [4.69, 9.17) is 0 Å². The third-order valence-electron chi connectivity index (χ3n) is 4.41. The van der Waals surface area contributed by atoms with Crippen molar-refractivity contribution in [1.29, 1.82) is 0 Å². The average Bonchev–Trinajstić information content (AvgIpc) is 3.20. The molecular formula is C16H19N7O. The summed E-state index contributed by atoms with van der Waals surface area (Å²) < 4.78 is 1.64. The predicted molar refractivity (Wildman–Crippen MR) is 86.5 cm³/mol. The van der Waals surface area contributed by atoms with Crippen molar-refractivity contribution in [3.63, 3.8) is 0 Å². The van der Waals surface area contributed by atoms with Crippen LogP contribution >= 0.6 is 0 Å². The Hall–Kier alpha value is -2.77. The molecule has 0 bridgehead atoms. The number of hydrogen-bond donors (Lipinski definition) is 1. The first-order valence-corrected chi connectivity index (χ1v) is 8.14. The number of carbonyl (C=O) groups excluding carboxylic acids is 1. The van der Waals surface area contributed by atoms with Crippen molar-refractivity contribution in [2.75, 3.05) is 6.54 Å². The number of nitrogens with zero attached hydrogens (tertiary/aromatic N) is 6. The molecule has 4 rings (SSSR count). The van der Waals surface area contributed by atoms with Gasteiger partial charge in [-0.2, -0.15) is 10.2 Å². The fourth-order valence-corrected chi connectivity index (χ4v) is 3.22. The van der Waals surface area contributed by atoms with Crippen LogP contribution in [0.15, 0.2) is 18.5 Å². The van der Waals surface area contributed by atoms with Crippen molar-refractivity contribution < 1.29 is 4.79 Å². The van der Waals surface area contributed by atoms with E-state index in [1.54, 1.807) is 10.7 Å². The van der Waals surface area contributed by atoms with E-state index in [9.17, 15) is 4.79 Å². The second-order valence-electron chi connectivity index (χ2n) is 6.18. The van der Waals surface area contributed by atoms with Crippen molar-refractivity contribution in [2.24, 2.45) is 0 Å². The highest BCUT2D eigenvalue weighted by Gasteiger charge is 2.32. The van der Waals surface area contributed by atoms with Gasteiger partial charge in [0.2, 0.25) is 0 Å². The topological polar surface area (TPSA) is 92.1 Å². The zero-order valence-corrected chi connectivity index (χ0v) is 13.7. The van der Waals surface area contributed by atoms with E-state index in [0.29, 0.717) is 23.6 Å². The number of H-pyrrole nitrogens is 1. The molecule has 8 heteroatoms. The van der Waals surface area contributed by atoms with Crippen LogP contribution in [0.25, 0.3) is 5.65 Å². The van der Waals surface area contributed by atoms with E-state index in [0.717, 1.165) is 30.8 Å². The Kier molecular flexibility index (Phi) is 3.51. The number of hydrogen-bond acceptors (Lipinski definition) is 5. The van der Waals surface area contributed by atoms with Crippen LogP contribution in [0.1, 0.15) is 53.0 Å². The fraction of sp³-hybridized carbons (Fsp3) is 0.438. The first kappa shape index (κ1) is 14.8. The lowest BCUT2D eigenvalue weighted by Crippen LogP contribution is -2.39. The molecule has 0 radical (unpaired) electrons. The van der Waals surface area contributed by atoms with Gasteiger partial charge in [-0.1, -0.05) is 0 Å². The smallest absolute Gasteiger partial charge is 0.259 e. The zero-order valence-electron chi connectivity index (χ0n) is 13.7. The molecule has 3 aromatic heterocycles. The zero-order chi connectivity index (χ0) is 16.7. The van der Waals surface area contributed by atoms with Gasteiger partial charge in [-0.3, -0.25) is 9.89 Å². The molecule has 1 fully saturated rings. The number of aromatic amines is 1. The van der Waals surface area contributed by atoms with Gasteiger partial charge >= 0.3 is 0 Å². The van der Waals surface area contributed by atoms with E-state index in [-0.39, 0.29) is 11.9 Å². The van der Waals surface area contributed by atoms with Gasteiger partial charge in [-0.25, -0.2) is 14.5 Å². The van der Waals surface area contributed by atoms with Gasteiger partial charge in [0.25, 0.3) is 5.91 Å². The van der Waals surface area contributed by atoms with Crippen LogP contribution in [0, 0.1) is 13.8 Å². The van der Waals surface area contributed by atoms with E-state index in [1.165, 1.54) is 0 Å². The number of fused-ring (bicyclic) bond motifs is 1. The maximum Gasteiger partial charge on any atom is 0.259 e. The molecule has 1 amide bonds. The number of nitrogens with one attached hydrogen (secondary N) is 1. The number of carbonyl (C=O) groups is 1. The first-order valence-electron chi connectivity index (χ1n) is 8.14. The minimum absolute atomic E-state index is 0.0600. The number of rotatable bonds is 2. The van der Waals surface area contributed by atoms with E-state index < -0.39 is 0 Å². The third kappa shape index (κ3) is 2.44. The molecule has 3 aromatic rings. The molecule has 4 heterocycles. The molecule has 1 saturated heterocycles. The molecule has 1 aliphatic heterocycles. The van der Waals surface area contributed by atoms with Gasteiger partial charge in [-0.05, 0) is 39.2 Å². The van der Waals surface area contributed by atoms with Crippen LogP contribution in [0.3, 0.4) is 0 Å². The van der Waals surface area contributed by atoms with Crippen LogP contribution in [-0.4, -0.2) is 47.1 Å². The minimum atomic E-state index is -0.101. The normalized spacial score (nSPS) is 18.2. The van der Waals surface area contributed by atoms with Crippen LogP contribution in [0.4, 0.5) is 0 Å². The molecule has 0 saturated carbocycles. The molecule has 0 aromatic carbocycles. The van der Waals surface area contributed by atoms with Gasteiger partial charge in [0.1, 0.15) is 11.4 Å². The summed E-state index contributed by atoms with van der Waals surface area (Å²) >= 11 is 0. The van der Waals surface area contributed by atoms with Crippen molar-refractivity contribution in [1.82, 2.24) is 34.7 Å². The molecule has 24 heavy (non-hydrogen) atoms. The maximum absolute atomic E-state index is 13.1. The number of amides is 1. The van der Waals surface area contributed by atoms with Crippen LogP contribution < -0.4 is 0 Å². The molecule has 124 valence electrons. The summed E-state index contributed by atoms with van der Waals surface area (Å²) in [5.41, 5.74) is 1.98. The highest BCUT2D eigenvalue weighted by atomic mass is 16.2. The standard InChI is InChI=1S/C16H19N7O/c1-10-6-8-23-15(18-10)12(9-17-23)16(24)22-7-4-3-5-13(22)14-19-11(2)20-21-14/h6,8-9,13H,3-5,7H2,1-2H3,(H,19,20,21)/t13-/m0/s1. The van der Waals surface area contributed by atoms with Gasteiger partial charge in [0, 0.05) is 18.4 Å². The van der Waals surface area contributed by atoms with Gasteiger partial charge in [-0.15, -0.1) is 0 Å². The van der Waals surface area contributed by atoms with Crippen molar-refractivity contribution in [3.8, 4) is 0 Å². The highest BCUT2D eigenvalue weighted by molar-refractivity contribution is 5.99. The first-order chi connectivity index (χ1) is 11.6. The molecule has 0 unspecified atom stereocenters. The lowest BCUT2D eigenvalue weighted by Gasteiger charge is -2.33. The fourth-order valence-electron chi connectivity index (χ4n) is 3.22. The Morgan fingerprint density at radius 2 is 2.17 bits per heavy atom. The molecule has 0 spiro atoms. The number of aryl methyl sites for hydroxylation is 2. The van der Waals surface area contributed by atoms with Crippen LogP contribution in [0.5, 0.6) is 0 Å². The van der Waals surface area contributed by atoms with E-state index in [2.05, 4.69) is 25.3 Å². The van der Waals surface area contributed by atoms with Gasteiger partial charge < -0.3 is 4.90 Å². The summed E-state index contributed by atoms with van der Waals surface area (Å²) in [7, 11) is 0.